The summed E-state index contributed by atoms with van der Waals surface area (Å²) in [6.07, 6.45) is 2.20. The first-order chi connectivity index (χ1) is 9.74. The zero-order valence-corrected chi connectivity index (χ0v) is 12.1. The maximum atomic E-state index is 12.7. The summed E-state index contributed by atoms with van der Waals surface area (Å²) in [4.78, 5) is 14.7. The summed E-state index contributed by atoms with van der Waals surface area (Å²) < 4.78 is 0. The summed E-state index contributed by atoms with van der Waals surface area (Å²) in [6.45, 7) is 2.04. The van der Waals surface area contributed by atoms with Crippen LogP contribution in [0, 0.1) is 6.92 Å². The van der Waals surface area contributed by atoms with Crippen LogP contribution in [-0.4, -0.2) is 5.78 Å². The first-order valence-corrected chi connectivity index (χ1v) is 7.70. The van der Waals surface area contributed by atoms with Crippen LogP contribution in [0.5, 0.6) is 0 Å². The number of ketones is 1. The third-order valence-electron chi connectivity index (χ3n) is 4.09. The Hall–Kier alpha value is -1.93. The molecule has 98 valence electrons. The Morgan fingerprint density at radius 1 is 1.00 bits per heavy atom. The van der Waals surface area contributed by atoms with Gasteiger partial charge in [-0.05, 0) is 53.8 Å². The van der Waals surface area contributed by atoms with E-state index in [1.165, 1.54) is 21.4 Å². The van der Waals surface area contributed by atoms with Gasteiger partial charge in [0.2, 0.25) is 5.78 Å². The lowest BCUT2D eigenvalue weighted by atomic mass is 9.97. The number of carbonyl (C=O) groups is 1. The van der Waals surface area contributed by atoms with Gasteiger partial charge in [-0.15, -0.1) is 11.3 Å². The molecule has 0 radical (unpaired) electrons. The van der Waals surface area contributed by atoms with E-state index in [2.05, 4.69) is 24.3 Å². The van der Waals surface area contributed by atoms with Crippen LogP contribution < -0.4 is 0 Å². The maximum Gasteiger partial charge on any atom is 0.203 e. The van der Waals surface area contributed by atoms with Crippen LogP contribution in [0.4, 0.5) is 0 Å². The number of benzene rings is 2. The molecule has 0 N–H and O–H groups in total. The fourth-order valence-electron chi connectivity index (χ4n) is 3.13. The average molecular weight is 278 g/mol. The van der Waals surface area contributed by atoms with Crippen molar-refractivity contribution in [1.29, 1.82) is 0 Å². The molecule has 2 heteroatoms. The van der Waals surface area contributed by atoms with Gasteiger partial charge in [-0.25, -0.2) is 0 Å². The molecule has 0 saturated heterocycles. The van der Waals surface area contributed by atoms with E-state index in [-0.39, 0.29) is 5.78 Å². The van der Waals surface area contributed by atoms with Crippen LogP contribution in [0.2, 0.25) is 0 Å². The predicted octanol–water partition coefficient (Wildman–Crippen LogP) is 4.54. The largest absolute Gasteiger partial charge is 0.288 e. The van der Waals surface area contributed by atoms with E-state index in [1.807, 2.05) is 25.1 Å². The molecular formula is C18H14OS. The zero-order valence-electron chi connectivity index (χ0n) is 11.3. The van der Waals surface area contributed by atoms with Crippen molar-refractivity contribution in [2.75, 3.05) is 0 Å². The molecule has 0 fully saturated rings. The van der Waals surface area contributed by atoms with Crippen molar-refractivity contribution in [3.8, 4) is 0 Å². The molecule has 2 aromatic carbocycles. The summed E-state index contributed by atoms with van der Waals surface area (Å²) in [5.74, 6) is 0.152. The van der Waals surface area contributed by atoms with Gasteiger partial charge in [0.25, 0.3) is 0 Å². The Bertz CT molecular complexity index is 831. The minimum atomic E-state index is 0.152. The minimum absolute atomic E-state index is 0.152. The Labute approximate surface area is 121 Å². The van der Waals surface area contributed by atoms with Gasteiger partial charge in [0, 0.05) is 10.4 Å². The molecule has 1 nitrogen and oxygen atoms in total. The summed E-state index contributed by atoms with van der Waals surface area (Å²) in [5, 5.41) is 2.43. The fourth-order valence-corrected chi connectivity index (χ4v) is 3.96. The second-order valence-electron chi connectivity index (χ2n) is 5.35. The van der Waals surface area contributed by atoms with E-state index in [0.29, 0.717) is 0 Å². The lowest BCUT2D eigenvalue weighted by Gasteiger charge is -2.07. The Balaban J connectivity index is 1.95. The summed E-state index contributed by atoms with van der Waals surface area (Å²) in [7, 11) is 0. The molecule has 0 spiro atoms. The lowest BCUT2D eigenvalue weighted by molar-refractivity contribution is 0.104. The number of aryl methyl sites for hydroxylation is 3. The summed E-state index contributed by atoms with van der Waals surface area (Å²) in [5.41, 5.74) is 3.61. The standard InChI is InChI=1S/C18H14OS/c1-11-5-10-16(20-11)18(19)15-9-8-13-7-6-12-3-2-4-14(15)17(12)13/h2-5,8-10H,6-7H2,1H3. The number of thiophene rings is 1. The topological polar surface area (TPSA) is 17.1 Å². The highest BCUT2D eigenvalue weighted by atomic mass is 32.1. The molecule has 0 saturated carbocycles. The quantitative estimate of drug-likeness (QED) is 0.629. The molecule has 1 aliphatic carbocycles. The van der Waals surface area contributed by atoms with Gasteiger partial charge in [0.15, 0.2) is 0 Å². The number of hydrogen-bond acceptors (Lipinski definition) is 2. The second-order valence-corrected chi connectivity index (χ2v) is 6.64. The highest BCUT2D eigenvalue weighted by Crippen LogP contribution is 2.34. The molecule has 3 aromatic rings. The molecule has 0 aliphatic heterocycles. The third-order valence-corrected chi connectivity index (χ3v) is 5.09. The van der Waals surface area contributed by atoms with Gasteiger partial charge in [-0.2, -0.15) is 0 Å². The number of hydrogen-bond donors (Lipinski definition) is 0. The third kappa shape index (κ3) is 1.65. The number of rotatable bonds is 2. The van der Waals surface area contributed by atoms with E-state index in [1.54, 1.807) is 11.3 Å². The second kappa shape index (κ2) is 4.29. The van der Waals surface area contributed by atoms with Crippen molar-refractivity contribution in [2.45, 2.75) is 19.8 Å². The van der Waals surface area contributed by atoms with Crippen molar-refractivity contribution >= 4 is 27.9 Å². The molecule has 0 unspecified atom stereocenters. The van der Waals surface area contributed by atoms with Crippen LogP contribution in [0.1, 0.15) is 31.2 Å². The Morgan fingerprint density at radius 2 is 1.80 bits per heavy atom. The molecule has 0 atom stereocenters. The smallest absolute Gasteiger partial charge is 0.203 e. The number of carbonyl (C=O) groups excluding carboxylic acids is 1. The van der Waals surface area contributed by atoms with E-state index in [9.17, 15) is 4.79 Å². The van der Waals surface area contributed by atoms with Crippen LogP contribution in [0.25, 0.3) is 10.8 Å². The van der Waals surface area contributed by atoms with Crippen molar-refractivity contribution in [3.63, 3.8) is 0 Å². The van der Waals surface area contributed by atoms with Crippen LogP contribution >= 0.6 is 11.3 Å². The maximum absolute atomic E-state index is 12.7. The average Bonchev–Trinajstić information content (AvgIpc) is 3.07. The molecular weight excluding hydrogens is 264 g/mol. The van der Waals surface area contributed by atoms with Gasteiger partial charge in [-0.1, -0.05) is 30.3 Å². The van der Waals surface area contributed by atoms with Gasteiger partial charge >= 0.3 is 0 Å². The van der Waals surface area contributed by atoms with E-state index < -0.39 is 0 Å². The molecule has 4 rings (SSSR count). The Morgan fingerprint density at radius 3 is 2.55 bits per heavy atom. The van der Waals surface area contributed by atoms with Gasteiger partial charge in [0.05, 0.1) is 4.88 Å². The van der Waals surface area contributed by atoms with E-state index in [0.717, 1.165) is 28.7 Å². The molecule has 1 aliphatic rings. The zero-order chi connectivity index (χ0) is 13.7. The molecule has 1 aromatic heterocycles. The molecule has 20 heavy (non-hydrogen) atoms. The highest BCUT2D eigenvalue weighted by Gasteiger charge is 2.20. The van der Waals surface area contributed by atoms with Crippen molar-refractivity contribution < 1.29 is 4.79 Å². The molecule has 1 heterocycles. The Kier molecular flexibility index (Phi) is 2.54. The fraction of sp³-hybridized carbons (Fsp3) is 0.167. The van der Waals surface area contributed by atoms with Crippen LogP contribution in [0.15, 0.2) is 42.5 Å². The van der Waals surface area contributed by atoms with Gasteiger partial charge < -0.3 is 0 Å². The van der Waals surface area contributed by atoms with Crippen molar-refractivity contribution in [3.05, 3.63) is 68.9 Å². The predicted molar refractivity (Wildman–Crippen MR) is 83.8 cm³/mol. The van der Waals surface area contributed by atoms with Gasteiger partial charge in [-0.3, -0.25) is 4.79 Å². The highest BCUT2D eigenvalue weighted by molar-refractivity contribution is 7.14. The SMILES string of the molecule is Cc1ccc(C(=O)c2ccc3c4c(cccc24)CC3)s1. The van der Waals surface area contributed by atoms with E-state index in [4.69, 9.17) is 0 Å². The van der Waals surface area contributed by atoms with Crippen LogP contribution in [-0.2, 0) is 12.8 Å². The monoisotopic (exact) mass is 278 g/mol. The van der Waals surface area contributed by atoms with Crippen molar-refractivity contribution in [2.24, 2.45) is 0 Å². The van der Waals surface area contributed by atoms with Crippen LogP contribution in [0.3, 0.4) is 0 Å². The van der Waals surface area contributed by atoms with E-state index >= 15 is 0 Å². The normalized spacial score (nSPS) is 13.1. The van der Waals surface area contributed by atoms with Crippen molar-refractivity contribution in [1.82, 2.24) is 0 Å². The molecule has 0 bridgehead atoms. The molecule has 0 amide bonds. The lowest BCUT2D eigenvalue weighted by Crippen LogP contribution is -2.00. The van der Waals surface area contributed by atoms with Gasteiger partial charge in [0.1, 0.15) is 0 Å². The minimum Gasteiger partial charge on any atom is -0.288 e. The first-order valence-electron chi connectivity index (χ1n) is 6.88. The summed E-state index contributed by atoms with van der Waals surface area (Å²) >= 11 is 1.57. The summed E-state index contributed by atoms with van der Waals surface area (Å²) in [6, 6.07) is 14.4. The first kappa shape index (κ1) is 11.9.